The van der Waals surface area contributed by atoms with Crippen LogP contribution in [0.25, 0.3) is 10.2 Å². The summed E-state index contributed by atoms with van der Waals surface area (Å²) in [5, 5.41) is 0. The molecule has 2 rings (SSSR count). The van der Waals surface area contributed by atoms with Crippen molar-refractivity contribution in [3.8, 4) is 0 Å². The molecule has 2 N–H and O–H groups in total. The van der Waals surface area contributed by atoms with Gasteiger partial charge in [-0.05, 0) is 44.6 Å². The number of nitrogens with zero attached hydrogens (tertiary/aromatic N) is 1. The van der Waals surface area contributed by atoms with Gasteiger partial charge in [-0.2, -0.15) is 0 Å². The maximum absolute atomic E-state index is 5.72. The molecular formula is C7H4BrIN2S. The summed E-state index contributed by atoms with van der Waals surface area (Å²) in [6.07, 6.45) is 1.70. The van der Waals surface area contributed by atoms with Crippen molar-refractivity contribution in [2.45, 2.75) is 0 Å². The minimum absolute atomic E-state index is 0.748. The Hall–Kier alpha value is 0.120. The lowest BCUT2D eigenvalue weighted by Gasteiger charge is -1.96. The van der Waals surface area contributed by atoms with Crippen molar-refractivity contribution in [3.05, 3.63) is 19.6 Å². The molecule has 0 bridgehead atoms. The summed E-state index contributed by atoms with van der Waals surface area (Å²) in [5.41, 5.74) is 7.47. The minimum atomic E-state index is 0.748. The topological polar surface area (TPSA) is 38.9 Å². The van der Waals surface area contributed by atoms with E-state index >= 15 is 0 Å². The second-order valence-corrected chi connectivity index (χ2v) is 5.80. The number of thiophene rings is 1. The third kappa shape index (κ3) is 1.33. The molecule has 2 aromatic rings. The summed E-state index contributed by atoms with van der Waals surface area (Å²) >= 11 is 7.32. The summed E-state index contributed by atoms with van der Waals surface area (Å²) in [5.74, 6) is 0. The molecule has 2 heterocycles. The Morgan fingerprint density at radius 2 is 2.33 bits per heavy atom. The molecule has 0 saturated carbocycles. The molecule has 0 unspecified atom stereocenters. The first-order chi connectivity index (χ1) is 5.68. The van der Waals surface area contributed by atoms with Gasteiger partial charge in [-0.3, -0.25) is 4.98 Å². The highest BCUT2D eigenvalue weighted by Gasteiger charge is 2.06. The maximum Gasteiger partial charge on any atom is 0.0834 e. The van der Waals surface area contributed by atoms with Gasteiger partial charge in [-0.15, -0.1) is 11.3 Å². The van der Waals surface area contributed by atoms with Gasteiger partial charge >= 0.3 is 0 Å². The van der Waals surface area contributed by atoms with Crippen LogP contribution < -0.4 is 5.73 Å². The Labute approximate surface area is 95.4 Å². The van der Waals surface area contributed by atoms with Gasteiger partial charge in [0, 0.05) is 0 Å². The standard InChI is InChI=1S/C7H4BrIN2S/c8-5-1-4-7(12-5)6(9)3(10)2-11-4/h1-2H,10H2. The molecule has 0 radical (unpaired) electrons. The van der Waals surface area contributed by atoms with Crippen LogP contribution in [0, 0.1) is 3.57 Å². The summed E-state index contributed by atoms with van der Waals surface area (Å²) in [6.45, 7) is 0. The summed E-state index contributed by atoms with van der Waals surface area (Å²) < 4.78 is 3.34. The second kappa shape index (κ2) is 3.12. The third-order valence-electron chi connectivity index (χ3n) is 1.48. The lowest BCUT2D eigenvalue weighted by atomic mass is 10.4. The van der Waals surface area contributed by atoms with Crippen molar-refractivity contribution in [3.63, 3.8) is 0 Å². The van der Waals surface area contributed by atoms with Gasteiger partial charge in [0.15, 0.2) is 0 Å². The molecule has 0 fully saturated rings. The average Bonchev–Trinajstić information content (AvgIpc) is 2.39. The quantitative estimate of drug-likeness (QED) is 0.737. The predicted molar refractivity (Wildman–Crippen MR) is 64.4 cm³/mol. The average molecular weight is 355 g/mol. The first-order valence-electron chi connectivity index (χ1n) is 3.17. The van der Waals surface area contributed by atoms with Gasteiger partial charge in [0.05, 0.1) is 29.5 Å². The highest BCUT2D eigenvalue weighted by Crippen LogP contribution is 2.33. The van der Waals surface area contributed by atoms with Crippen LogP contribution in [0.1, 0.15) is 0 Å². The number of hydrogen-bond donors (Lipinski definition) is 1. The van der Waals surface area contributed by atoms with E-state index in [1.807, 2.05) is 6.07 Å². The number of nitrogen functional groups attached to an aromatic ring is 1. The van der Waals surface area contributed by atoms with E-state index in [-0.39, 0.29) is 0 Å². The fourth-order valence-corrected chi connectivity index (χ4v) is 3.17. The van der Waals surface area contributed by atoms with Crippen LogP contribution in [0.3, 0.4) is 0 Å². The van der Waals surface area contributed by atoms with Crippen LogP contribution in [0.15, 0.2) is 16.0 Å². The second-order valence-electron chi connectivity index (χ2n) is 2.29. The Bertz CT molecular complexity index is 440. The molecule has 2 aromatic heterocycles. The number of hydrogen-bond acceptors (Lipinski definition) is 3. The first kappa shape index (κ1) is 8.71. The predicted octanol–water partition coefficient (Wildman–Crippen LogP) is 3.25. The van der Waals surface area contributed by atoms with E-state index in [0.717, 1.165) is 23.3 Å². The van der Waals surface area contributed by atoms with Gasteiger partial charge in [-0.1, -0.05) is 0 Å². The first-order valence-corrected chi connectivity index (χ1v) is 5.86. The lowest BCUT2D eigenvalue weighted by Crippen LogP contribution is -1.89. The van der Waals surface area contributed by atoms with Crippen LogP contribution in [0.2, 0.25) is 0 Å². The highest BCUT2D eigenvalue weighted by molar-refractivity contribution is 14.1. The van der Waals surface area contributed by atoms with Gasteiger partial charge in [0.1, 0.15) is 0 Å². The molecule has 0 spiro atoms. The number of aromatic nitrogens is 1. The number of halogens is 2. The van der Waals surface area contributed by atoms with E-state index in [4.69, 9.17) is 5.73 Å². The molecule has 0 aromatic carbocycles. The van der Waals surface area contributed by atoms with Crippen molar-refractivity contribution < 1.29 is 0 Å². The number of rotatable bonds is 0. The monoisotopic (exact) mass is 354 g/mol. The number of fused-ring (bicyclic) bond motifs is 1. The van der Waals surface area contributed by atoms with Gasteiger partial charge < -0.3 is 5.73 Å². The molecule has 0 atom stereocenters. The summed E-state index contributed by atoms with van der Waals surface area (Å²) in [4.78, 5) is 4.21. The van der Waals surface area contributed by atoms with Crippen molar-refractivity contribution >= 4 is 65.8 Å². The van der Waals surface area contributed by atoms with Crippen LogP contribution >= 0.6 is 49.9 Å². The van der Waals surface area contributed by atoms with Crippen molar-refractivity contribution in [1.29, 1.82) is 0 Å². The van der Waals surface area contributed by atoms with Crippen molar-refractivity contribution in [1.82, 2.24) is 4.98 Å². The molecule has 62 valence electrons. The Morgan fingerprint density at radius 3 is 3.08 bits per heavy atom. The van der Waals surface area contributed by atoms with E-state index in [1.54, 1.807) is 17.5 Å². The molecule has 0 aliphatic heterocycles. The molecule has 0 amide bonds. The maximum atomic E-state index is 5.72. The van der Waals surface area contributed by atoms with E-state index in [1.165, 1.54) is 0 Å². The van der Waals surface area contributed by atoms with Crippen LogP contribution in [-0.2, 0) is 0 Å². The van der Waals surface area contributed by atoms with Crippen molar-refractivity contribution in [2.75, 3.05) is 5.73 Å². The Kier molecular flexibility index (Phi) is 2.26. The van der Waals surface area contributed by atoms with Crippen LogP contribution in [-0.4, -0.2) is 4.98 Å². The van der Waals surface area contributed by atoms with E-state index in [2.05, 4.69) is 43.5 Å². The normalized spacial score (nSPS) is 10.8. The van der Waals surface area contributed by atoms with Gasteiger partial charge in [0.25, 0.3) is 0 Å². The zero-order valence-corrected chi connectivity index (χ0v) is 10.4. The zero-order valence-electron chi connectivity index (χ0n) is 5.84. The van der Waals surface area contributed by atoms with E-state index in [0.29, 0.717) is 0 Å². The number of nitrogens with two attached hydrogens (primary N) is 1. The Balaban J connectivity index is 2.89. The summed E-state index contributed by atoms with van der Waals surface area (Å²) in [6, 6.07) is 2.00. The fourth-order valence-electron chi connectivity index (χ4n) is 0.932. The smallest absolute Gasteiger partial charge is 0.0834 e. The number of pyridine rings is 1. The van der Waals surface area contributed by atoms with Crippen LogP contribution in [0.5, 0.6) is 0 Å². The lowest BCUT2D eigenvalue weighted by molar-refractivity contribution is 1.42. The molecule has 12 heavy (non-hydrogen) atoms. The molecule has 2 nitrogen and oxygen atoms in total. The fraction of sp³-hybridized carbons (Fsp3) is 0. The molecule has 0 aliphatic rings. The highest BCUT2D eigenvalue weighted by atomic mass is 127. The molecule has 5 heteroatoms. The molecule has 0 aliphatic carbocycles. The summed E-state index contributed by atoms with van der Waals surface area (Å²) in [7, 11) is 0. The third-order valence-corrected chi connectivity index (χ3v) is 4.65. The van der Waals surface area contributed by atoms with E-state index < -0.39 is 0 Å². The van der Waals surface area contributed by atoms with E-state index in [9.17, 15) is 0 Å². The van der Waals surface area contributed by atoms with Gasteiger partial charge in [-0.25, -0.2) is 0 Å². The zero-order chi connectivity index (χ0) is 8.72. The largest absolute Gasteiger partial charge is 0.397 e. The molecular weight excluding hydrogens is 351 g/mol. The minimum Gasteiger partial charge on any atom is -0.397 e. The molecule has 0 saturated heterocycles. The number of anilines is 1. The van der Waals surface area contributed by atoms with Crippen LogP contribution in [0.4, 0.5) is 5.69 Å². The van der Waals surface area contributed by atoms with Gasteiger partial charge in [0.2, 0.25) is 0 Å². The van der Waals surface area contributed by atoms with Crippen molar-refractivity contribution in [2.24, 2.45) is 0 Å². The SMILES string of the molecule is Nc1cnc2cc(Br)sc2c1I. The Morgan fingerprint density at radius 1 is 1.58 bits per heavy atom.